The number of carbonyl (C=O) groups is 2. The molecule has 1 aliphatic heterocycles. The summed E-state index contributed by atoms with van der Waals surface area (Å²) >= 11 is 12.1. The number of halogens is 2. The van der Waals surface area contributed by atoms with Crippen LogP contribution in [-0.4, -0.2) is 57.7 Å². The van der Waals surface area contributed by atoms with Gasteiger partial charge in [-0.05, 0) is 44.4 Å². The summed E-state index contributed by atoms with van der Waals surface area (Å²) < 4.78 is 30.6. The molecule has 0 N–H and O–H groups in total. The summed E-state index contributed by atoms with van der Waals surface area (Å²) in [6.07, 6.45) is 2.80. The van der Waals surface area contributed by atoms with Gasteiger partial charge in [-0.15, -0.1) is 0 Å². The van der Waals surface area contributed by atoms with Gasteiger partial charge in [0.1, 0.15) is 0 Å². The van der Waals surface area contributed by atoms with Crippen LogP contribution in [0.15, 0.2) is 18.2 Å². The molecule has 1 amide bonds. The van der Waals surface area contributed by atoms with Crippen molar-refractivity contribution in [3.8, 4) is 0 Å². The van der Waals surface area contributed by atoms with E-state index in [9.17, 15) is 18.0 Å². The van der Waals surface area contributed by atoms with E-state index in [-0.39, 0.29) is 35.8 Å². The summed E-state index contributed by atoms with van der Waals surface area (Å²) in [5.41, 5.74) is 0.296. The molecular weight excluding hydrogens is 439 g/mol. The number of benzene rings is 1. The maximum atomic E-state index is 12.5. The molecule has 0 radical (unpaired) electrons. The molecule has 10 heteroatoms. The van der Waals surface area contributed by atoms with E-state index < -0.39 is 10.0 Å². The number of rotatable bonds is 8. The number of carbonyl (C=O) groups excluding carboxylic acids is 2. The molecule has 1 aromatic rings. The average Bonchev–Trinajstić information content (AvgIpc) is 2.66. The maximum Gasteiger partial charge on any atom is 0.309 e. The van der Waals surface area contributed by atoms with E-state index in [4.69, 9.17) is 27.9 Å². The first-order valence-electron chi connectivity index (χ1n) is 9.50. The van der Waals surface area contributed by atoms with Crippen molar-refractivity contribution < 1.29 is 22.7 Å². The van der Waals surface area contributed by atoms with Gasteiger partial charge in [0.05, 0.1) is 29.5 Å². The van der Waals surface area contributed by atoms with Crippen LogP contribution in [0.4, 0.5) is 5.69 Å². The smallest absolute Gasteiger partial charge is 0.309 e. The van der Waals surface area contributed by atoms with Crippen molar-refractivity contribution in [2.45, 2.75) is 32.6 Å². The van der Waals surface area contributed by atoms with E-state index in [2.05, 4.69) is 0 Å². The van der Waals surface area contributed by atoms with Gasteiger partial charge in [-0.1, -0.05) is 23.2 Å². The highest BCUT2D eigenvalue weighted by molar-refractivity contribution is 7.92. The molecule has 1 fully saturated rings. The SMILES string of the molecule is CCOC(=O)C1CCN(C(=O)CCCN(c2cc(Cl)ccc2Cl)S(C)(=O)=O)CC1. The lowest BCUT2D eigenvalue weighted by Crippen LogP contribution is -2.41. The molecule has 0 aromatic heterocycles. The number of nitrogens with zero attached hydrogens (tertiary/aromatic N) is 2. The molecule has 1 saturated heterocycles. The first-order valence-corrected chi connectivity index (χ1v) is 12.1. The van der Waals surface area contributed by atoms with Gasteiger partial charge >= 0.3 is 5.97 Å². The Morgan fingerprint density at radius 2 is 1.90 bits per heavy atom. The normalized spacial score (nSPS) is 15.2. The van der Waals surface area contributed by atoms with Gasteiger partial charge in [-0.3, -0.25) is 13.9 Å². The monoisotopic (exact) mass is 464 g/mol. The number of amides is 1. The van der Waals surface area contributed by atoms with Gasteiger partial charge in [0.15, 0.2) is 0 Å². The third kappa shape index (κ3) is 6.76. The Morgan fingerprint density at radius 1 is 1.24 bits per heavy atom. The van der Waals surface area contributed by atoms with Crippen LogP contribution in [0.1, 0.15) is 32.6 Å². The highest BCUT2D eigenvalue weighted by Crippen LogP contribution is 2.31. The summed E-state index contributed by atoms with van der Waals surface area (Å²) in [5.74, 6) is -0.426. The van der Waals surface area contributed by atoms with Crippen molar-refractivity contribution >= 4 is 50.8 Å². The number of esters is 1. The summed E-state index contributed by atoms with van der Waals surface area (Å²) in [4.78, 5) is 26.0. The van der Waals surface area contributed by atoms with Crippen LogP contribution in [-0.2, 0) is 24.3 Å². The molecule has 0 unspecified atom stereocenters. The summed E-state index contributed by atoms with van der Waals surface area (Å²) in [6.45, 7) is 3.23. The van der Waals surface area contributed by atoms with Gasteiger partial charge in [-0.25, -0.2) is 8.42 Å². The Hall–Kier alpha value is -1.51. The highest BCUT2D eigenvalue weighted by Gasteiger charge is 2.28. The number of piperidine rings is 1. The molecule has 7 nitrogen and oxygen atoms in total. The van der Waals surface area contributed by atoms with E-state index in [0.717, 1.165) is 6.26 Å². The van der Waals surface area contributed by atoms with Gasteiger partial charge in [0.25, 0.3) is 0 Å². The lowest BCUT2D eigenvalue weighted by molar-refractivity contribution is -0.151. The van der Waals surface area contributed by atoms with Crippen molar-refractivity contribution in [1.82, 2.24) is 4.90 Å². The fourth-order valence-electron chi connectivity index (χ4n) is 3.30. The molecule has 1 heterocycles. The number of hydrogen-bond acceptors (Lipinski definition) is 5. The second-order valence-electron chi connectivity index (χ2n) is 6.94. The van der Waals surface area contributed by atoms with Crippen molar-refractivity contribution in [3.05, 3.63) is 28.2 Å². The van der Waals surface area contributed by atoms with E-state index >= 15 is 0 Å². The zero-order valence-electron chi connectivity index (χ0n) is 16.6. The lowest BCUT2D eigenvalue weighted by atomic mass is 9.97. The fourth-order valence-corrected chi connectivity index (χ4v) is 4.70. The zero-order valence-corrected chi connectivity index (χ0v) is 18.9. The molecule has 0 atom stereocenters. The first-order chi connectivity index (χ1) is 13.6. The van der Waals surface area contributed by atoms with Crippen molar-refractivity contribution in [2.75, 3.05) is 36.8 Å². The predicted molar refractivity (Wildman–Crippen MR) is 114 cm³/mol. The fraction of sp³-hybridized carbons (Fsp3) is 0.579. The van der Waals surface area contributed by atoms with Crippen LogP contribution >= 0.6 is 23.2 Å². The van der Waals surface area contributed by atoms with Crippen LogP contribution in [0, 0.1) is 5.92 Å². The Kier molecular flexibility index (Phi) is 8.60. The summed E-state index contributed by atoms with van der Waals surface area (Å²) in [6, 6.07) is 4.61. The van der Waals surface area contributed by atoms with Crippen LogP contribution in [0.3, 0.4) is 0 Å². The average molecular weight is 465 g/mol. The van der Waals surface area contributed by atoms with Crippen LogP contribution in [0.2, 0.25) is 10.0 Å². The van der Waals surface area contributed by atoms with Gasteiger partial charge < -0.3 is 9.64 Å². The second-order valence-corrected chi connectivity index (χ2v) is 9.69. The summed E-state index contributed by atoms with van der Waals surface area (Å²) in [7, 11) is -3.59. The number of likely N-dealkylation sites (tertiary alicyclic amines) is 1. The number of ether oxygens (including phenoxy) is 1. The molecule has 0 aliphatic carbocycles. The maximum absolute atomic E-state index is 12.5. The van der Waals surface area contributed by atoms with Crippen molar-refractivity contribution in [2.24, 2.45) is 5.92 Å². The van der Waals surface area contributed by atoms with Crippen molar-refractivity contribution in [3.63, 3.8) is 0 Å². The Labute approximate surface area is 181 Å². The van der Waals surface area contributed by atoms with Gasteiger partial charge in [0.2, 0.25) is 15.9 Å². The molecule has 0 saturated carbocycles. The molecule has 1 aromatic carbocycles. The molecule has 1 aliphatic rings. The minimum Gasteiger partial charge on any atom is -0.466 e. The minimum absolute atomic E-state index is 0.0575. The molecule has 2 rings (SSSR count). The Morgan fingerprint density at radius 3 is 2.48 bits per heavy atom. The molecule has 0 bridgehead atoms. The van der Waals surface area contributed by atoms with Crippen LogP contribution in [0.5, 0.6) is 0 Å². The van der Waals surface area contributed by atoms with Gasteiger partial charge in [-0.2, -0.15) is 0 Å². The highest BCUT2D eigenvalue weighted by atomic mass is 35.5. The molecule has 162 valence electrons. The molecule has 0 spiro atoms. The van der Waals surface area contributed by atoms with Gasteiger partial charge in [0, 0.05) is 31.1 Å². The third-order valence-corrected chi connectivity index (χ3v) is 6.53. The lowest BCUT2D eigenvalue weighted by Gasteiger charge is -2.31. The van der Waals surface area contributed by atoms with Crippen LogP contribution in [0.25, 0.3) is 0 Å². The largest absolute Gasteiger partial charge is 0.466 e. The Balaban J connectivity index is 1.91. The van der Waals surface area contributed by atoms with Crippen LogP contribution < -0.4 is 4.31 Å². The van der Waals surface area contributed by atoms with E-state index in [1.165, 1.54) is 16.4 Å². The second kappa shape index (κ2) is 10.5. The molecular formula is C19H26Cl2N2O5S. The first kappa shape index (κ1) is 23.8. The topological polar surface area (TPSA) is 84.0 Å². The zero-order chi connectivity index (χ0) is 21.6. The number of anilines is 1. The quantitative estimate of drug-likeness (QED) is 0.550. The van der Waals surface area contributed by atoms with Crippen molar-refractivity contribution in [1.29, 1.82) is 0 Å². The summed E-state index contributed by atoms with van der Waals surface area (Å²) in [5, 5.41) is 0.644. The van der Waals surface area contributed by atoms with E-state index in [1.54, 1.807) is 17.9 Å². The van der Waals surface area contributed by atoms with E-state index in [1.807, 2.05) is 0 Å². The Bertz CT molecular complexity index is 839. The number of hydrogen-bond donors (Lipinski definition) is 0. The molecule has 29 heavy (non-hydrogen) atoms. The minimum atomic E-state index is -3.59. The third-order valence-electron chi connectivity index (χ3n) is 4.80. The van der Waals surface area contributed by atoms with E-state index in [0.29, 0.717) is 49.7 Å². The predicted octanol–water partition coefficient (Wildman–Crippen LogP) is 3.34. The standard InChI is InChI=1S/C19H26Cl2N2O5S/c1-3-28-19(25)14-8-11-22(12-9-14)18(24)5-4-10-23(29(2,26)27)17-13-15(20)6-7-16(17)21/h6-7,13-14H,3-5,8-12H2,1-2H3. The number of sulfonamides is 1.